The summed E-state index contributed by atoms with van der Waals surface area (Å²) in [6.07, 6.45) is 3.04. The number of carbonyl (C=O) groups excluding carboxylic acids is 1. The predicted molar refractivity (Wildman–Crippen MR) is 71.4 cm³/mol. The molecule has 104 valence electrons. The monoisotopic (exact) mass is 264 g/mol. The van der Waals surface area contributed by atoms with E-state index in [1.807, 2.05) is 13.8 Å². The summed E-state index contributed by atoms with van der Waals surface area (Å²) in [6, 6.07) is 0. The van der Waals surface area contributed by atoms with Gasteiger partial charge in [0.2, 0.25) is 11.7 Å². The van der Waals surface area contributed by atoms with Crippen LogP contribution in [-0.4, -0.2) is 59.5 Å². The molecule has 0 aromatic carbocycles. The zero-order chi connectivity index (χ0) is 13.9. The first-order chi connectivity index (χ1) is 9.07. The van der Waals surface area contributed by atoms with Gasteiger partial charge in [-0.2, -0.15) is 0 Å². The number of nitrogens with zero attached hydrogens (tertiary/aromatic N) is 3. The minimum atomic E-state index is -0.606. The van der Waals surface area contributed by atoms with Gasteiger partial charge in [0, 0.05) is 38.6 Å². The molecule has 1 saturated heterocycles. The van der Waals surface area contributed by atoms with Crippen molar-refractivity contribution in [3.05, 3.63) is 18.1 Å². The van der Waals surface area contributed by atoms with E-state index in [-0.39, 0.29) is 11.7 Å². The molecule has 0 amide bonds. The van der Waals surface area contributed by atoms with Gasteiger partial charge in [0.15, 0.2) is 5.69 Å². The Bertz CT molecular complexity index is 456. The van der Waals surface area contributed by atoms with Crippen molar-refractivity contribution in [3.63, 3.8) is 0 Å². The van der Waals surface area contributed by atoms with Crippen LogP contribution in [0.5, 0.6) is 5.88 Å². The number of aromatic nitrogens is 2. The molecule has 19 heavy (non-hydrogen) atoms. The summed E-state index contributed by atoms with van der Waals surface area (Å²) in [5.41, 5.74) is -0.306. The number of piperazine rings is 1. The van der Waals surface area contributed by atoms with E-state index in [1.54, 1.807) is 0 Å². The van der Waals surface area contributed by atoms with E-state index < -0.39 is 5.54 Å². The molecular weight excluding hydrogens is 244 g/mol. The number of ether oxygens (including phenoxy) is 1. The Morgan fingerprint density at radius 1 is 1.32 bits per heavy atom. The summed E-state index contributed by atoms with van der Waals surface area (Å²) in [6.45, 7) is 7.34. The van der Waals surface area contributed by atoms with Gasteiger partial charge in [0.25, 0.3) is 0 Å². The van der Waals surface area contributed by atoms with E-state index in [4.69, 9.17) is 4.74 Å². The number of ketones is 1. The third-order valence-electron chi connectivity index (χ3n) is 3.54. The van der Waals surface area contributed by atoms with Crippen LogP contribution in [-0.2, 0) is 0 Å². The maximum absolute atomic E-state index is 12.7. The molecule has 1 aliphatic heterocycles. The van der Waals surface area contributed by atoms with Gasteiger partial charge in [-0.25, -0.2) is 9.97 Å². The van der Waals surface area contributed by atoms with Crippen molar-refractivity contribution in [2.75, 3.05) is 33.3 Å². The van der Waals surface area contributed by atoms with Gasteiger partial charge in [0.1, 0.15) is 0 Å². The van der Waals surface area contributed by atoms with Gasteiger partial charge >= 0.3 is 0 Å². The molecule has 0 bridgehead atoms. The smallest absolute Gasteiger partial charge is 0.243 e. The van der Waals surface area contributed by atoms with Crippen LogP contribution in [0, 0.1) is 0 Å². The first-order valence-corrected chi connectivity index (χ1v) is 6.43. The first-order valence-electron chi connectivity index (χ1n) is 6.43. The van der Waals surface area contributed by atoms with E-state index >= 15 is 0 Å². The van der Waals surface area contributed by atoms with Crippen molar-refractivity contribution in [1.82, 2.24) is 20.2 Å². The molecule has 1 N–H and O–H groups in total. The van der Waals surface area contributed by atoms with Crippen LogP contribution in [0.3, 0.4) is 0 Å². The summed E-state index contributed by atoms with van der Waals surface area (Å²) in [5, 5.41) is 3.28. The second kappa shape index (κ2) is 5.63. The minimum Gasteiger partial charge on any atom is -0.479 e. The van der Waals surface area contributed by atoms with Crippen molar-refractivity contribution in [2.24, 2.45) is 0 Å². The van der Waals surface area contributed by atoms with E-state index in [2.05, 4.69) is 20.2 Å². The van der Waals surface area contributed by atoms with Crippen LogP contribution in [0.15, 0.2) is 12.4 Å². The van der Waals surface area contributed by atoms with Gasteiger partial charge in [-0.15, -0.1) is 0 Å². The fourth-order valence-electron chi connectivity index (χ4n) is 2.29. The zero-order valence-electron chi connectivity index (χ0n) is 11.6. The van der Waals surface area contributed by atoms with Gasteiger partial charge < -0.3 is 10.1 Å². The first kappa shape index (κ1) is 13.9. The normalized spacial score (nSPS) is 17.2. The van der Waals surface area contributed by atoms with Gasteiger partial charge in [-0.1, -0.05) is 0 Å². The lowest BCUT2D eigenvalue weighted by molar-refractivity contribution is 0.0593. The lowest BCUT2D eigenvalue weighted by Gasteiger charge is -2.39. The number of rotatable bonds is 4. The average molecular weight is 264 g/mol. The Morgan fingerprint density at radius 2 is 1.95 bits per heavy atom. The molecule has 0 saturated carbocycles. The molecule has 0 unspecified atom stereocenters. The maximum atomic E-state index is 12.7. The topological polar surface area (TPSA) is 67.4 Å². The largest absolute Gasteiger partial charge is 0.479 e. The Kier molecular flexibility index (Phi) is 4.11. The summed E-state index contributed by atoms with van der Waals surface area (Å²) in [4.78, 5) is 23.0. The predicted octanol–water partition coefficient (Wildman–Crippen LogP) is 0.352. The number of carbonyl (C=O) groups is 1. The van der Waals surface area contributed by atoms with E-state index in [0.29, 0.717) is 5.69 Å². The third kappa shape index (κ3) is 2.74. The van der Waals surface area contributed by atoms with Crippen molar-refractivity contribution in [3.8, 4) is 5.88 Å². The van der Waals surface area contributed by atoms with Crippen molar-refractivity contribution in [2.45, 2.75) is 19.4 Å². The molecule has 0 aliphatic carbocycles. The van der Waals surface area contributed by atoms with E-state index in [0.717, 1.165) is 26.2 Å². The van der Waals surface area contributed by atoms with Crippen LogP contribution in [0.1, 0.15) is 24.3 Å². The van der Waals surface area contributed by atoms with E-state index in [1.165, 1.54) is 19.5 Å². The quantitative estimate of drug-likeness (QED) is 0.792. The SMILES string of the molecule is COc1nccnc1C(=O)C(C)(C)N1CCNCC1. The summed E-state index contributed by atoms with van der Waals surface area (Å²) in [7, 11) is 1.50. The molecule has 0 radical (unpaired) electrons. The Morgan fingerprint density at radius 3 is 2.58 bits per heavy atom. The summed E-state index contributed by atoms with van der Waals surface area (Å²) < 4.78 is 5.12. The Balaban J connectivity index is 2.26. The van der Waals surface area contributed by atoms with Crippen molar-refractivity contribution in [1.29, 1.82) is 0 Å². The number of nitrogens with one attached hydrogen (secondary N) is 1. The highest BCUT2D eigenvalue weighted by Gasteiger charge is 2.38. The summed E-state index contributed by atoms with van der Waals surface area (Å²) in [5.74, 6) is 0.232. The Labute approximate surface area is 113 Å². The zero-order valence-corrected chi connectivity index (χ0v) is 11.6. The van der Waals surface area contributed by atoms with Gasteiger partial charge in [-0.3, -0.25) is 9.69 Å². The highest BCUT2D eigenvalue weighted by molar-refractivity contribution is 6.02. The molecule has 1 aliphatic rings. The van der Waals surface area contributed by atoms with Crippen LogP contribution >= 0.6 is 0 Å². The number of hydrogen-bond donors (Lipinski definition) is 1. The molecule has 0 atom stereocenters. The third-order valence-corrected chi connectivity index (χ3v) is 3.54. The maximum Gasteiger partial charge on any atom is 0.243 e. The lowest BCUT2D eigenvalue weighted by Crippen LogP contribution is -2.57. The molecule has 0 spiro atoms. The number of Topliss-reactive ketones (excluding diaryl/α,β-unsaturated/α-hetero) is 1. The fraction of sp³-hybridized carbons (Fsp3) is 0.615. The van der Waals surface area contributed by atoms with E-state index in [9.17, 15) is 4.79 Å². The molecular formula is C13H20N4O2. The molecule has 1 aromatic heterocycles. The minimum absolute atomic E-state index is 0.0562. The van der Waals surface area contributed by atoms with Gasteiger partial charge in [0.05, 0.1) is 12.6 Å². The molecule has 1 aromatic rings. The second-order valence-electron chi connectivity index (χ2n) is 5.04. The standard InChI is InChI=1S/C13H20N4O2/c1-13(2,17-8-6-14-7-9-17)11(18)10-12(19-3)16-5-4-15-10/h4-5,14H,6-9H2,1-3H3. The van der Waals surface area contributed by atoms with Gasteiger partial charge in [-0.05, 0) is 13.8 Å². The molecule has 2 rings (SSSR count). The van der Waals surface area contributed by atoms with Crippen LogP contribution in [0.25, 0.3) is 0 Å². The molecule has 2 heterocycles. The van der Waals surface area contributed by atoms with Crippen molar-refractivity contribution < 1.29 is 9.53 Å². The fourth-order valence-corrected chi connectivity index (χ4v) is 2.29. The number of hydrogen-bond acceptors (Lipinski definition) is 6. The van der Waals surface area contributed by atoms with Crippen molar-refractivity contribution >= 4 is 5.78 Å². The second-order valence-corrected chi connectivity index (χ2v) is 5.04. The molecule has 6 heteroatoms. The molecule has 1 fully saturated rings. The number of methoxy groups -OCH3 is 1. The van der Waals surface area contributed by atoms with Crippen LogP contribution < -0.4 is 10.1 Å². The summed E-state index contributed by atoms with van der Waals surface area (Å²) >= 11 is 0. The Hall–Kier alpha value is -1.53. The lowest BCUT2D eigenvalue weighted by atomic mass is 9.93. The highest BCUT2D eigenvalue weighted by atomic mass is 16.5. The molecule has 6 nitrogen and oxygen atoms in total. The van der Waals surface area contributed by atoms with Crippen LogP contribution in [0.4, 0.5) is 0 Å². The average Bonchev–Trinajstić information content (AvgIpc) is 2.47. The van der Waals surface area contributed by atoms with Crippen LogP contribution in [0.2, 0.25) is 0 Å². The highest BCUT2D eigenvalue weighted by Crippen LogP contribution is 2.23.